The molecule has 102 valence electrons. The van der Waals surface area contributed by atoms with Crippen molar-refractivity contribution in [2.75, 3.05) is 6.54 Å². The second-order valence-electron chi connectivity index (χ2n) is 5.73. The van der Waals surface area contributed by atoms with Crippen molar-refractivity contribution in [3.63, 3.8) is 0 Å². The van der Waals surface area contributed by atoms with Gasteiger partial charge in [0.15, 0.2) is 0 Å². The van der Waals surface area contributed by atoms with Crippen molar-refractivity contribution in [1.82, 2.24) is 4.90 Å². The Kier molecular flexibility index (Phi) is 5.46. The Hall–Kier alpha value is -0.0800. The van der Waals surface area contributed by atoms with Crippen LogP contribution in [0.4, 0.5) is 0 Å². The second-order valence-corrected chi connectivity index (χ2v) is 5.73. The molecule has 1 aliphatic heterocycles. The number of rotatable bonds is 6. The quantitative estimate of drug-likeness (QED) is 0.695. The van der Waals surface area contributed by atoms with Gasteiger partial charge in [0.25, 0.3) is 0 Å². The fourth-order valence-electron chi connectivity index (χ4n) is 3.35. The molecule has 0 aromatic heterocycles. The third-order valence-corrected chi connectivity index (χ3v) is 4.35. The van der Waals surface area contributed by atoms with E-state index in [0.717, 1.165) is 31.7 Å². The number of likely N-dealkylation sites (N-methyl/N-ethyl adjacent to an activating group) is 1. The summed E-state index contributed by atoms with van der Waals surface area (Å²) in [6.07, 6.45) is 4.96. The highest BCUT2D eigenvalue weighted by Crippen LogP contribution is 2.41. The van der Waals surface area contributed by atoms with Crippen LogP contribution >= 0.6 is 0 Å². The predicted molar refractivity (Wildman–Crippen MR) is 74.1 cm³/mol. The van der Waals surface area contributed by atoms with Crippen LogP contribution in [0.25, 0.3) is 0 Å². The zero-order valence-electron chi connectivity index (χ0n) is 12.6. The van der Waals surface area contributed by atoms with Crippen LogP contribution in [0, 0.1) is 5.92 Å². The summed E-state index contributed by atoms with van der Waals surface area (Å²) in [4.78, 5) is 2.59. The molecule has 0 spiro atoms. The van der Waals surface area contributed by atoms with Gasteiger partial charge in [0, 0.05) is 6.04 Å². The van der Waals surface area contributed by atoms with Gasteiger partial charge in [0.05, 0.1) is 5.60 Å². The molecule has 17 heavy (non-hydrogen) atoms. The van der Waals surface area contributed by atoms with E-state index >= 15 is 0 Å². The van der Waals surface area contributed by atoms with Crippen molar-refractivity contribution >= 4 is 0 Å². The molecule has 2 heteroatoms. The maximum atomic E-state index is 6.44. The van der Waals surface area contributed by atoms with Crippen LogP contribution < -0.4 is 0 Å². The van der Waals surface area contributed by atoms with Crippen molar-refractivity contribution in [2.24, 2.45) is 5.92 Å². The fourth-order valence-corrected chi connectivity index (χ4v) is 3.35. The third-order valence-electron chi connectivity index (χ3n) is 4.35. The average molecular weight is 241 g/mol. The van der Waals surface area contributed by atoms with Crippen molar-refractivity contribution in [2.45, 2.75) is 85.1 Å². The topological polar surface area (TPSA) is 12.5 Å². The van der Waals surface area contributed by atoms with E-state index in [2.05, 4.69) is 46.4 Å². The molecule has 0 unspecified atom stereocenters. The largest absolute Gasteiger partial charge is 0.355 e. The Morgan fingerprint density at radius 1 is 1.12 bits per heavy atom. The molecular formula is C15H31NO. The van der Waals surface area contributed by atoms with Gasteiger partial charge in [0.1, 0.15) is 6.23 Å². The predicted octanol–water partition coefficient (Wildman–Crippen LogP) is 4.05. The highest BCUT2D eigenvalue weighted by molar-refractivity contribution is 4.99. The van der Waals surface area contributed by atoms with Crippen LogP contribution in [-0.2, 0) is 4.74 Å². The lowest BCUT2D eigenvalue weighted by Gasteiger charge is -2.35. The summed E-state index contributed by atoms with van der Waals surface area (Å²) in [6, 6.07) is 0.604. The highest BCUT2D eigenvalue weighted by Gasteiger charge is 2.49. The Labute approximate surface area is 108 Å². The molecule has 0 saturated carbocycles. The molecular weight excluding hydrogens is 210 g/mol. The zero-order chi connectivity index (χ0) is 13.1. The standard InChI is InChI=1S/C15H31NO/c1-7-14-16(10-4)13(11-12(5)6)15(8-2,9-3)17-14/h12-14H,7-11H2,1-6H3/t13-,14+/m0/s1. The lowest BCUT2D eigenvalue weighted by Crippen LogP contribution is -2.45. The fraction of sp³-hybridized carbons (Fsp3) is 1.00. The Morgan fingerprint density at radius 3 is 2.06 bits per heavy atom. The summed E-state index contributed by atoms with van der Waals surface area (Å²) >= 11 is 0. The van der Waals surface area contributed by atoms with Gasteiger partial charge in [-0.25, -0.2) is 0 Å². The first-order chi connectivity index (χ1) is 8.04. The molecule has 0 N–H and O–H groups in total. The van der Waals surface area contributed by atoms with Gasteiger partial charge in [-0.3, -0.25) is 4.90 Å². The SMILES string of the molecule is CC[C@H]1OC(CC)(CC)[C@H](CC(C)C)N1CC. The van der Waals surface area contributed by atoms with Crippen LogP contribution in [0.15, 0.2) is 0 Å². The minimum Gasteiger partial charge on any atom is -0.355 e. The molecule has 0 bridgehead atoms. The summed E-state index contributed by atoms with van der Waals surface area (Å²) in [5.41, 5.74) is 0.0982. The van der Waals surface area contributed by atoms with Gasteiger partial charge in [-0.2, -0.15) is 0 Å². The van der Waals surface area contributed by atoms with E-state index in [0.29, 0.717) is 12.3 Å². The molecule has 1 fully saturated rings. The third kappa shape index (κ3) is 2.85. The maximum Gasteiger partial charge on any atom is 0.111 e. The lowest BCUT2D eigenvalue weighted by molar-refractivity contribution is -0.0654. The van der Waals surface area contributed by atoms with Gasteiger partial charge < -0.3 is 4.74 Å². The van der Waals surface area contributed by atoms with Gasteiger partial charge in [-0.1, -0.05) is 41.5 Å². The zero-order valence-corrected chi connectivity index (χ0v) is 12.6. The van der Waals surface area contributed by atoms with E-state index in [-0.39, 0.29) is 5.60 Å². The Balaban J connectivity index is 2.95. The molecule has 0 radical (unpaired) electrons. The molecule has 1 rings (SSSR count). The Morgan fingerprint density at radius 2 is 1.71 bits per heavy atom. The van der Waals surface area contributed by atoms with Crippen LogP contribution in [0.1, 0.15) is 67.2 Å². The monoisotopic (exact) mass is 241 g/mol. The molecule has 1 aliphatic rings. The maximum absolute atomic E-state index is 6.44. The lowest BCUT2D eigenvalue weighted by atomic mass is 9.83. The van der Waals surface area contributed by atoms with E-state index in [9.17, 15) is 0 Å². The summed E-state index contributed by atoms with van der Waals surface area (Å²) in [5.74, 6) is 0.741. The smallest absolute Gasteiger partial charge is 0.111 e. The molecule has 0 aromatic carbocycles. The van der Waals surface area contributed by atoms with Crippen molar-refractivity contribution in [3.05, 3.63) is 0 Å². The van der Waals surface area contributed by atoms with Gasteiger partial charge in [-0.15, -0.1) is 0 Å². The summed E-state index contributed by atoms with van der Waals surface area (Å²) < 4.78 is 6.44. The van der Waals surface area contributed by atoms with Crippen LogP contribution in [-0.4, -0.2) is 29.3 Å². The van der Waals surface area contributed by atoms with E-state index < -0.39 is 0 Å². The average Bonchev–Trinajstić information content (AvgIpc) is 2.62. The van der Waals surface area contributed by atoms with Gasteiger partial charge in [0.2, 0.25) is 0 Å². The van der Waals surface area contributed by atoms with E-state index in [1.165, 1.54) is 6.42 Å². The number of hydrogen-bond acceptors (Lipinski definition) is 2. The number of ether oxygens (including phenoxy) is 1. The molecule has 0 aliphatic carbocycles. The summed E-state index contributed by atoms with van der Waals surface area (Å²) in [6.45, 7) is 14.8. The van der Waals surface area contributed by atoms with Crippen LogP contribution in [0.2, 0.25) is 0 Å². The first-order valence-corrected chi connectivity index (χ1v) is 7.48. The molecule has 1 heterocycles. The molecule has 0 amide bonds. The van der Waals surface area contributed by atoms with Crippen LogP contribution in [0.5, 0.6) is 0 Å². The van der Waals surface area contributed by atoms with E-state index in [1.807, 2.05) is 0 Å². The van der Waals surface area contributed by atoms with Crippen LogP contribution in [0.3, 0.4) is 0 Å². The molecule has 1 saturated heterocycles. The number of nitrogens with zero attached hydrogens (tertiary/aromatic N) is 1. The molecule has 0 aromatic rings. The molecule has 2 atom stereocenters. The number of hydrogen-bond donors (Lipinski definition) is 0. The Bertz CT molecular complexity index is 223. The van der Waals surface area contributed by atoms with Crippen molar-refractivity contribution < 1.29 is 4.74 Å². The minimum absolute atomic E-state index is 0.0982. The van der Waals surface area contributed by atoms with Gasteiger partial charge >= 0.3 is 0 Å². The van der Waals surface area contributed by atoms with Crippen molar-refractivity contribution in [1.29, 1.82) is 0 Å². The second kappa shape index (κ2) is 6.19. The molecule has 2 nitrogen and oxygen atoms in total. The normalized spacial score (nSPS) is 29.1. The summed E-state index contributed by atoms with van der Waals surface area (Å²) in [5, 5.41) is 0. The van der Waals surface area contributed by atoms with E-state index in [1.54, 1.807) is 0 Å². The highest BCUT2D eigenvalue weighted by atomic mass is 16.5. The summed E-state index contributed by atoms with van der Waals surface area (Å²) in [7, 11) is 0. The first-order valence-electron chi connectivity index (χ1n) is 7.48. The van der Waals surface area contributed by atoms with E-state index in [4.69, 9.17) is 4.74 Å². The van der Waals surface area contributed by atoms with Crippen molar-refractivity contribution in [3.8, 4) is 0 Å². The first kappa shape index (κ1) is 15.0. The van der Waals surface area contributed by atoms with Gasteiger partial charge in [-0.05, 0) is 38.1 Å². The minimum atomic E-state index is 0.0982.